The smallest absolute Gasteiger partial charge is 0.258 e. The van der Waals surface area contributed by atoms with Gasteiger partial charge < -0.3 is 18.9 Å². The van der Waals surface area contributed by atoms with E-state index < -0.39 is 0 Å². The number of rotatable bonds is 7. The second-order valence-corrected chi connectivity index (χ2v) is 6.62. The predicted octanol–water partition coefficient (Wildman–Crippen LogP) is 3.16. The van der Waals surface area contributed by atoms with Crippen molar-refractivity contribution in [3.63, 3.8) is 0 Å². The maximum atomic E-state index is 13.1. The fraction of sp³-hybridized carbons (Fsp3) is 0.500. The normalized spacial score (nSPS) is 11.0. The summed E-state index contributed by atoms with van der Waals surface area (Å²) in [5.41, 5.74) is 0.371. The molecule has 1 amide bonds. The molecule has 0 bridgehead atoms. The molecule has 2 aromatic rings. The molecule has 1 aromatic heterocycles. The second kappa shape index (κ2) is 8.25. The van der Waals surface area contributed by atoms with Crippen molar-refractivity contribution in [2.45, 2.75) is 34.2 Å². The number of methoxy groups -OCH3 is 2. The molecule has 0 atom stereocenters. The van der Waals surface area contributed by atoms with E-state index in [1.54, 1.807) is 27.8 Å². The van der Waals surface area contributed by atoms with Gasteiger partial charge >= 0.3 is 0 Å². The molecule has 26 heavy (non-hydrogen) atoms. The van der Waals surface area contributed by atoms with Crippen LogP contribution in [-0.2, 0) is 6.54 Å². The first-order chi connectivity index (χ1) is 12.4. The highest BCUT2D eigenvalue weighted by Crippen LogP contribution is 2.32. The number of hydrogen-bond acceptors (Lipinski definition) is 4. The molecule has 0 spiro atoms. The molecule has 0 saturated carbocycles. The number of carbonyl (C=O) groups is 1. The first-order valence-corrected chi connectivity index (χ1v) is 8.96. The Bertz CT molecular complexity index is 851. The van der Waals surface area contributed by atoms with Crippen LogP contribution in [0.15, 0.2) is 23.1 Å². The van der Waals surface area contributed by atoms with E-state index in [2.05, 4.69) is 0 Å². The molecule has 6 nitrogen and oxygen atoms in total. The SMILES string of the molecule is CCN(CC)C(=O)c1cn(CC(C)C)c(=O)c2cc(OC)c(OC)cc12. The summed E-state index contributed by atoms with van der Waals surface area (Å²) in [7, 11) is 3.07. The fourth-order valence-electron chi connectivity index (χ4n) is 3.10. The highest BCUT2D eigenvalue weighted by Gasteiger charge is 2.21. The first kappa shape index (κ1) is 19.8. The van der Waals surface area contributed by atoms with Crippen molar-refractivity contribution in [3.8, 4) is 11.5 Å². The minimum atomic E-state index is -0.134. The number of fused-ring (bicyclic) bond motifs is 1. The van der Waals surface area contributed by atoms with Crippen molar-refractivity contribution in [2.24, 2.45) is 5.92 Å². The average molecular weight is 360 g/mol. The largest absolute Gasteiger partial charge is 0.493 e. The van der Waals surface area contributed by atoms with Gasteiger partial charge in [-0.15, -0.1) is 0 Å². The third kappa shape index (κ3) is 3.69. The van der Waals surface area contributed by atoms with Gasteiger partial charge in [0.15, 0.2) is 11.5 Å². The molecule has 1 heterocycles. The Balaban J connectivity index is 2.84. The minimum absolute atomic E-state index is 0.0928. The lowest BCUT2D eigenvalue weighted by molar-refractivity contribution is 0.0774. The van der Waals surface area contributed by atoms with E-state index in [0.29, 0.717) is 47.5 Å². The number of pyridine rings is 1. The van der Waals surface area contributed by atoms with Gasteiger partial charge in [0.2, 0.25) is 0 Å². The third-order valence-electron chi connectivity index (χ3n) is 4.43. The number of nitrogens with zero attached hydrogens (tertiary/aromatic N) is 2. The van der Waals surface area contributed by atoms with Crippen molar-refractivity contribution in [1.82, 2.24) is 9.47 Å². The van der Waals surface area contributed by atoms with Gasteiger partial charge in [-0.25, -0.2) is 0 Å². The van der Waals surface area contributed by atoms with E-state index in [1.807, 2.05) is 27.7 Å². The van der Waals surface area contributed by atoms with Crippen molar-refractivity contribution < 1.29 is 14.3 Å². The van der Waals surface area contributed by atoms with Crippen LogP contribution in [-0.4, -0.2) is 42.7 Å². The van der Waals surface area contributed by atoms with Gasteiger partial charge in [-0.1, -0.05) is 13.8 Å². The van der Waals surface area contributed by atoms with Crippen molar-refractivity contribution in [2.75, 3.05) is 27.3 Å². The Morgan fingerprint density at radius 1 is 1.08 bits per heavy atom. The van der Waals surface area contributed by atoms with E-state index >= 15 is 0 Å². The monoisotopic (exact) mass is 360 g/mol. The van der Waals surface area contributed by atoms with Crippen LogP contribution in [0.4, 0.5) is 0 Å². The van der Waals surface area contributed by atoms with Gasteiger partial charge in [-0.05, 0) is 31.9 Å². The lowest BCUT2D eigenvalue weighted by Crippen LogP contribution is -2.32. The Hall–Kier alpha value is -2.50. The van der Waals surface area contributed by atoms with E-state index in [-0.39, 0.29) is 17.4 Å². The number of ether oxygens (including phenoxy) is 2. The topological polar surface area (TPSA) is 60.8 Å². The molecule has 0 aliphatic heterocycles. The van der Waals surface area contributed by atoms with Crippen LogP contribution in [0.2, 0.25) is 0 Å². The number of carbonyl (C=O) groups excluding carboxylic acids is 1. The Morgan fingerprint density at radius 3 is 2.08 bits per heavy atom. The molecule has 0 fully saturated rings. The Labute approximate surface area is 154 Å². The molecule has 0 aliphatic rings. The Morgan fingerprint density at radius 2 is 1.62 bits per heavy atom. The van der Waals surface area contributed by atoms with E-state index in [0.717, 1.165) is 0 Å². The molecule has 6 heteroatoms. The fourth-order valence-corrected chi connectivity index (χ4v) is 3.10. The minimum Gasteiger partial charge on any atom is -0.493 e. The first-order valence-electron chi connectivity index (χ1n) is 8.96. The van der Waals surface area contributed by atoms with Gasteiger partial charge in [0.1, 0.15) is 0 Å². The Kier molecular flexibility index (Phi) is 6.29. The van der Waals surface area contributed by atoms with E-state index in [1.165, 1.54) is 14.2 Å². The summed E-state index contributed by atoms with van der Waals surface area (Å²) in [6.07, 6.45) is 1.68. The van der Waals surface area contributed by atoms with Crippen LogP contribution in [0.1, 0.15) is 38.1 Å². The van der Waals surface area contributed by atoms with Crippen LogP contribution < -0.4 is 15.0 Å². The van der Waals surface area contributed by atoms with Crippen LogP contribution in [0, 0.1) is 5.92 Å². The van der Waals surface area contributed by atoms with Crippen LogP contribution in [0.25, 0.3) is 10.8 Å². The molecular formula is C20H28N2O4. The lowest BCUT2D eigenvalue weighted by Gasteiger charge is -2.21. The maximum Gasteiger partial charge on any atom is 0.258 e. The molecule has 0 aliphatic carbocycles. The van der Waals surface area contributed by atoms with Crippen molar-refractivity contribution in [3.05, 3.63) is 34.2 Å². The molecule has 0 unspecified atom stereocenters. The van der Waals surface area contributed by atoms with Crippen molar-refractivity contribution >= 4 is 16.7 Å². The molecule has 142 valence electrons. The molecule has 1 aromatic carbocycles. The summed E-state index contributed by atoms with van der Waals surface area (Å²) < 4.78 is 12.3. The number of hydrogen-bond donors (Lipinski definition) is 0. The summed E-state index contributed by atoms with van der Waals surface area (Å²) in [6.45, 7) is 9.71. The number of aromatic nitrogens is 1. The third-order valence-corrected chi connectivity index (χ3v) is 4.43. The summed E-state index contributed by atoms with van der Waals surface area (Å²) in [6, 6.07) is 3.37. The zero-order valence-corrected chi connectivity index (χ0v) is 16.5. The van der Waals surface area contributed by atoms with E-state index in [4.69, 9.17) is 9.47 Å². The van der Waals surface area contributed by atoms with E-state index in [9.17, 15) is 9.59 Å². The van der Waals surface area contributed by atoms with Crippen LogP contribution in [0.5, 0.6) is 11.5 Å². The zero-order chi connectivity index (χ0) is 19.4. The van der Waals surface area contributed by atoms with Gasteiger partial charge in [0, 0.05) is 31.2 Å². The summed E-state index contributed by atoms with van der Waals surface area (Å²) in [5.74, 6) is 1.15. The van der Waals surface area contributed by atoms with Gasteiger partial charge in [0.05, 0.1) is 25.2 Å². The average Bonchev–Trinajstić information content (AvgIpc) is 2.63. The highest BCUT2D eigenvalue weighted by molar-refractivity contribution is 6.07. The summed E-state index contributed by atoms with van der Waals surface area (Å²) >= 11 is 0. The van der Waals surface area contributed by atoms with Crippen molar-refractivity contribution in [1.29, 1.82) is 0 Å². The molecule has 0 N–H and O–H groups in total. The molecule has 2 rings (SSSR count). The maximum absolute atomic E-state index is 13.1. The second-order valence-electron chi connectivity index (χ2n) is 6.62. The quantitative estimate of drug-likeness (QED) is 0.761. The number of amides is 1. The predicted molar refractivity (Wildman–Crippen MR) is 103 cm³/mol. The van der Waals surface area contributed by atoms with Gasteiger partial charge in [-0.2, -0.15) is 0 Å². The summed E-state index contributed by atoms with van der Waals surface area (Å²) in [5, 5.41) is 1.05. The molecule has 0 radical (unpaired) electrons. The molecular weight excluding hydrogens is 332 g/mol. The van der Waals surface area contributed by atoms with Crippen LogP contribution in [0.3, 0.4) is 0 Å². The van der Waals surface area contributed by atoms with Crippen LogP contribution >= 0.6 is 0 Å². The summed E-state index contributed by atoms with van der Waals surface area (Å²) in [4.78, 5) is 27.8. The number of benzene rings is 1. The van der Waals surface area contributed by atoms with Gasteiger partial charge in [0.25, 0.3) is 11.5 Å². The lowest BCUT2D eigenvalue weighted by atomic mass is 10.0. The highest BCUT2D eigenvalue weighted by atomic mass is 16.5. The standard InChI is InChI=1S/C20H28N2O4/c1-7-21(8-2)20(24)16-12-22(11-13(3)4)19(23)15-10-18(26-6)17(25-5)9-14(15)16/h9-10,12-13H,7-8,11H2,1-6H3. The zero-order valence-electron chi connectivity index (χ0n) is 16.5. The van der Waals surface area contributed by atoms with Gasteiger partial charge in [-0.3, -0.25) is 9.59 Å². The molecule has 0 saturated heterocycles.